The fourth-order valence-corrected chi connectivity index (χ4v) is 3.08. The Balaban J connectivity index is 1.76. The summed E-state index contributed by atoms with van der Waals surface area (Å²) in [5.41, 5.74) is 2.72. The number of alkyl halides is 3. The zero-order chi connectivity index (χ0) is 21.3. The third-order valence-corrected chi connectivity index (χ3v) is 4.61. The summed E-state index contributed by atoms with van der Waals surface area (Å²) in [6.07, 6.45) is -4.43. The molecule has 0 aliphatic rings. The Labute approximate surface area is 168 Å². The number of nitrogens with one attached hydrogen (secondary N) is 1. The van der Waals surface area contributed by atoms with Crippen LogP contribution in [0.3, 0.4) is 0 Å². The number of hydrogen-bond acceptors (Lipinski definition) is 3. The fourth-order valence-electron chi connectivity index (χ4n) is 3.08. The molecule has 152 valence electrons. The molecule has 0 saturated carbocycles. The van der Waals surface area contributed by atoms with Crippen molar-refractivity contribution in [2.45, 2.75) is 12.7 Å². The van der Waals surface area contributed by atoms with Crippen molar-refractivity contribution in [2.24, 2.45) is 0 Å². The number of nitrogens with zero attached hydrogens (tertiary/aromatic N) is 2. The van der Waals surface area contributed by atoms with Crippen LogP contribution in [-0.4, -0.2) is 9.66 Å². The second-order valence-corrected chi connectivity index (χ2v) is 6.60. The molecule has 0 saturated heterocycles. The summed E-state index contributed by atoms with van der Waals surface area (Å²) in [5, 5.41) is 0.331. The molecular formula is C22H15F4N3O. The van der Waals surface area contributed by atoms with Gasteiger partial charge in [-0.05, 0) is 42.0 Å². The molecule has 1 N–H and O–H groups in total. The molecule has 3 aromatic carbocycles. The molecule has 1 aromatic heterocycles. The summed E-state index contributed by atoms with van der Waals surface area (Å²) in [6.45, 7) is 0.0412. The van der Waals surface area contributed by atoms with Gasteiger partial charge in [-0.3, -0.25) is 4.79 Å². The zero-order valence-corrected chi connectivity index (χ0v) is 15.4. The van der Waals surface area contributed by atoms with Crippen molar-refractivity contribution < 1.29 is 17.6 Å². The molecule has 30 heavy (non-hydrogen) atoms. The first-order chi connectivity index (χ1) is 14.3. The second kappa shape index (κ2) is 7.62. The normalized spacial score (nSPS) is 11.6. The summed E-state index contributed by atoms with van der Waals surface area (Å²) in [5.74, 6) is -0.478. The highest BCUT2D eigenvalue weighted by Crippen LogP contribution is 2.29. The quantitative estimate of drug-likeness (QED) is 0.481. The van der Waals surface area contributed by atoms with E-state index in [0.717, 1.165) is 16.8 Å². The van der Waals surface area contributed by atoms with Crippen LogP contribution in [0.1, 0.15) is 11.1 Å². The largest absolute Gasteiger partial charge is 0.416 e. The van der Waals surface area contributed by atoms with Crippen LogP contribution in [-0.2, 0) is 12.7 Å². The predicted octanol–water partition coefficient (Wildman–Crippen LogP) is 4.97. The van der Waals surface area contributed by atoms with Crippen LogP contribution in [0.25, 0.3) is 22.3 Å². The van der Waals surface area contributed by atoms with E-state index < -0.39 is 23.1 Å². The van der Waals surface area contributed by atoms with Gasteiger partial charge in [0.1, 0.15) is 5.82 Å². The van der Waals surface area contributed by atoms with E-state index in [9.17, 15) is 22.4 Å². The molecule has 0 bridgehead atoms. The molecular weight excluding hydrogens is 398 g/mol. The topological polar surface area (TPSA) is 46.9 Å². The van der Waals surface area contributed by atoms with Crippen LogP contribution >= 0.6 is 0 Å². The molecule has 0 radical (unpaired) electrons. The molecule has 1 heterocycles. The number of aromatic nitrogens is 2. The highest BCUT2D eigenvalue weighted by atomic mass is 19.4. The molecule has 8 heteroatoms. The van der Waals surface area contributed by atoms with Gasteiger partial charge in [0.25, 0.3) is 5.56 Å². The molecule has 0 aliphatic carbocycles. The van der Waals surface area contributed by atoms with Crippen LogP contribution in [0.2, 0.25) is 0 Å². The Bertz CT molecular complexity index is 1260. The van der Waals surface area contributed by atoms with E-state index in [1.54, 1.807) is 30.3 Å². The minimum absolute atomic E-state index is 0.0412. The fraction of sp³-hybridized carbons (Fsp3) is 0.0909. The van der Waals surface area contributed by atoms with Gasteiger partial charge >= 0.3 is 6.18 Å². The zero-order valence-electron chi connectivity index (χ0n) is 15.4. The maximum atomic E-state index is 14.4. The lowest BCUT2D eigenvalue weighted by molar-refractivity contribution is -0.137. The molecule has 0 amide bonds. The van der Waals surface area contributed by atoms with E-state index in [1.165, 1.54) is 30.3 Å². The summed E-state index contributed by atoms with van der Waals surface area (Å²) in [6, 6.07) is 17.2. The van der Waals surface area contributed by atoms with E-state index in [1.807, 2.05) is 0 Å². The minimum atomic E-state index is -4.43. The monoisotopic (exact) mass is 413 g/mol. The lowest BCUT2D eigenvalue weighted by Crippen LogP contribution is -2.31. The van der Waals surface area contributed by atoms with Crippen molar-refractivity contribution in [1.82, 2.24) is 9.66 Å². The standard InChI is InChI=1S/C22H15F4N3O/c23-18-7-3-1-5-16(18)20-28-19-8-4-2-6-17(19)21(30)29(20)27-13-14-9-11-15(12-10-14)22(24,25)26/h1-12,27H,13H2. The highest BCUT2D eigenvalue weighted by molar-refractivity contribution is 5.79. The minimum Gasteiger partial charge on any atom is -0.317 e. The number of hydrogen-bond donors (Lipinski definition) is 1. The van der Waals surface area contributed by atoms with Gasteiger partial charge in [0.15, 0.2) is 5.82 Å². The summed E-state index contributed by atoms with van der Waals surface area (Å²) in [4.78, 5) is 17.5. The smallest absolute Gasteiger partial charge is 0.317 e. The van der Waals surface area contributed by atoms with Gasteiger partial charge < -0.3 is 5.43 Å². The Kier molecular flexibility index (Phi) is 4.99. The third kappa shape index (κ3) is 3.76. The van der Waals surface area contributed by atoms with Crippen molar-refractivity contribution in [2.75, 3.05) is 5.43 Å². The third-order valence-electron chi connectivity index (χ3n) is 4.61. The Morgan fingerprint density at radius 1 is 0.900 bits per heavy atom. The second-order valence-electron chi connectivity index (χ2n) is 6.60. The molecule has 4 aromatic rings. The van der Waals surface area contributed by atoms with Crippen molar-refractivity contribution in [3.05, 3.63) is 100 Å². The average molecular weight is 413 g/mol. The number of halogens is 4. The van der Waals surface area contributed by atoms with Crippen molar-refractivity contribution in [3.8, 4) is 11.4 Å². The number of benzene rings is 3. The lowest BCUT2D eigenvalue weighted by atomic mass is 10.1. The van der Waals surface area contributed by atoms with Gasteiger partial charge in [-0.1, -0.05) is 36.4 Å². The highest BCUT2D eigenvalue weighted by Gasteiger charge is 2.29. The molecule has 4 rings (SSSR count). The summed E-state index contributed by atoms with van der Waals surface area (Å²) < 4.78 is 53.8. The maximum absolute atomic E-state index is 14.4. The summed E-state index contributed by atoms with van der Waals surface area (Å²) >= 11 is 0. The van der Waals surface area contributed by atoms with Gasteiger partial charge in [-0.15, -0.1) is 0 Å². The summed E-state index contributed by atoms with van der Waals surface area (Å²) in [7, 11) is 0. The number of rotatable bonds is 4. The molecule has 0 unspecified atom stereocenters. The van der Waals surface area contributed by atoms with Crippen LogP contribution < -0.4 is 11.0 Å². The van der Waals surface area contributed by atoms with Crippen molar-refractivity contribution in [3.63, 3.8) is 0 Å². The first-order valence-corrected chi connectivity index (χ1v) is 9.01. The Morgan fingerprint density at radius 3 is 2.27 bits per heavy atom. The first kappa shape index (κ1) is 19.6. The van der Waals surface area contributed by atoms with Gasteiger partial charge in [0.05, 0.1) is 28.6 Å². The van der Waals surface area contributed by atoms with E-state index in [2.05, 4.69) is 10.4 Å². The molecule has 4 nitrogen and oxygen atoms in total. The van der Waals surface area contributed by atoms with Gasteiger partial charge in [0, 0.05) is 0 Å². The van der Waals surface area contributed by atoms with E-state index in [4.69, 9.17) is 0 Å². The van der Waals surface area contributed by atoms with Crippen LogP contribution in [0.15, 0.2) is 77.6 Å². The van der Waals surface area contributed by atoms with Crippen LogP contribution in [0.4, 0.5) is 17.6 Å². The number of fused-ring (bicyclic) bond motifs is 1. The van der Waals surface area contributed by atoms with Gasteiger partial charge in [-0.2, -0.15) is 13.2 Å². The lowest BCUT2D eigenvalue weighted by Gasteiger charge is -2.16. The SMILES string of the molecule is O=c1c2ccccc2nc(-c2ccccc2F)n1NCc1ccc(C(F)(F)F)cc1. The van der Waals surface area contributed by atoms with Gasteiger partial charge in [-0.25, -0.2) is 14.1 Å². The average Bonchev–Trinajstić information content (AvgIpc) is 2.73. The van der Waals surface area contributed by atoms with Crippen molar-refractivity contribution in [1.29, 1.82) is 0 Å². The van der Waals surface area contributed by atoms with Crippen LogP contribution in [0, 0.1) is 5.82 Å². The van der Waals surface area contributed by atoms with Crippen LogP contribution in [0.5, 0.6) is 0 Å². The molecule has 0 aliphatic heterocycles. The van der Waals surface area contributed by atoms with Gasteiger partial charge in [0.2, 0.25) is 0 Å². The maximum Gasteiger partial charge on any atom is 0.416 e. The molecule has 0 atom stereocenters. The predicted molar refractivity (Wildman–Crippen MR) is 106 cm³/mol. The first-order valence-electron chi connectivity index (χ1n) is 9.01. The van der Waals surface area contributed by atoms with E-state index in [-0.39, 0.29) is 17.9 Å². The molecule has 0 fully saturated rings. The van der Waals surface area contributed by atoms with E-state index >= 15 is 0 Å². The Morgan fingerprint density at radius 2 is 1.57 bits per heavy atom. The Hall–Kier alpha value is -3.68. The number of para-hydroxylation sites is 1. The molecule has 0 spiro atoms. The van der Waals surface area contributed by atoms with Crippen molar-refractivity contribution >= 4 is 10.9 Å². The van der Waals surface area contributed by atoms with E-state index in [0.29, 0.717) is 16.5 Å².